The molecule has 0 bridgehead atoms. The summed E-state index contributed by atoms with van der Waals surface area (Å²) in [6, 6.07) is 21.5. The summed E-state index contributed by atoms with van der Waals surface area (Å²) >= 11 is 7.99. The van der Waals surface area contributed by atoms with Crippen molar-refractivity contribution in [3.05, 3.63) is 99.3 Å². The summed E-state index contributed by atoms with van der Waals surface area (Å²) in [5.41, 5.74) is 4.73. The van der Waals surface area contributed by atoms with Crippen molar-refractivity contribution in [2.45, 2.75) is 19.5 Å². The Hall–Kier alpha value is -3.62. The molecule has 0 unspecified atom stereocenters. The first-order valence-electron chi connectivity index (χ1n) is 11.1. The number of thiophene rings is 1. The average molecular weight is 498 g/mol. The van der Waals surface area contributed by atoms with E-state index >= 15 is 0 Å². The van der Waals surface area contributed by atoms with Crippen molar-refractivity contribution in [3.8, 4) is 11.3 Å². The van der Waals surface area contributed by atoms with E-state index in [2.05, 4.69) is 20.7 Å². The maximum atomic E-state index is 12.1. The molecular weight excluding hydrogens is 477 g/mol. The molecule has 0 fully saturated rings. The number of fused-ring (bicyclic) bond motifs is 1. The molecule has 3 heterocycles. The van der Waals surface area contributed by atoms with Crippen LogP contribution in [0.1, 0.15) is 16.0 Å². The van der Waals surface area contributed by atoms with Gasteiger partial charge in [-0.25, -0.2) is 4.98 Å². The third kappa shape index (κ3) is 5.39. The fourth-order valence-corrected chi connectivity index (χ4v) is 4.65. The largest absolute Gasteiger partial charge is 0.366 e. The number of benzene rings is 2. The molecule has 0 aliphatic rings. The Morgan fingerprint density at radius 3 is 2.54 bits per heavy atom. The van der Waals surface area contributed by atoms with Crippen molar-refractivity contribution in [1.29, 1.82) is 0 Å². The van der Waals surface area contributed by atoms with Crippen molar-refractivity contribution in [2.24, 2.45) is 0 Å². The van der Waals surface area contributed by atoms with Crippen LogP contribution >= 0.6 is 22.9 Å². The van der Waals surface area contributed by atoms with Crippen molar-refractivity contribution < 1.29 is 4.79 Å². The molecule has 0 spiro atoms. The third-order valence-corrected chi connectivity index (χ3v) is 6.76. The van der Waals surface area contributed by atoms with E-state index in [1.165, 1.54) is 0 Å². The number of rotatable bonds is 8. The van der Waals surface area contributed by atoms with E-state index in [9.17, 15) is 4.79 Å². The predicted octanol–water partition coefficient (Wildman–Crippen LogP) is 4.38. The number of nitrogens with one attached hydrogen (secondary N) is 2. The number of hydrogen-bond donors (Lipinski definition) is 2. The van der Waals surface area contributed by atoms with Gasteiger partial charge in [-0.3, -0.25) is 4.79 Å². The summed E-state index contributed by atoms with van der Waals surface area (Å²) in [4.78, 5) is 17.9. The number of carbonyl (C=O) groups excluding carboxylic acids is 1. The van der Waals surface area contributed by atoms with Crippen LogP contribution in [0.15, 0.2) is 78.3 Å². The first kappa shape index (κ1) is 23.1. The molecule has 172 valence electrons. The zero-order chi connectivity index (χ0) is 24.2. The third-order valence-electron chi connectivity index (χ3n) is 5.55. The van der Waals surface area contributed by atoms with Crippen LogP contribution in [-0.2, 0) is 24.3 Å². The Morgan fingerprint density at radius 2 is 1.80 bits per heavy atom. The maximum Gasteiger partial charge on any atom is 0.225 e. The van der Waals surface area contributed by atoms with Crippen molar-refractivity contribution in [1.82, 2.24) is 19.9 Å². The number of halogens is 1. The van der Waals surface area contributed by atoms with Crippen LogP contribution in [0.2, 0.25) is 5.02 Å². The van der Waals surface area contributed by atoms with Gasteiger partial charge in [-0.15, -0.1) is 11.3 Å². The van der Waals surface area contributed by atoms with Crippen LogP contribution in [0.5, 0.6) is 0 Å². The molecular formula is C26H21BClN5OS. The van der Waals surface area contributed by atoms with Gasteiger partial charge in [0.2, 0.25) is 5.91 Å². The Bertz CT molecular complexity index is 1470. The summed E-state index contributed by atoms with van der Waals surface area (Å²) in [7, 11) is 6.11. The standard InChI is InChI=1S/C26H21BClN5OS/c27-21-16-31-33-24(13-23(32-26(21)33)20-5-1-2-6-22(20)28)29-14-17-7-9-18(10-8-17)15-30-25(34)12-19-4-3-11-35-19/h1-11,13,16,29H,12,14-15H2,(H,30,34). The molecule has 9 heteroatoms. The summed E-state index contributed by atoms with van der Waals surface area (Å²) in [5.74, 6) is 0.777. The number of aromatic nitrogens is 3. The lowest BCUT2D eigenvalue weighted by molar-refractivity contribution is -0.120. The minimum Gasteiger partial charge on any atom is -0.366 e. The fraction of sp³-hybridized carbons (Fsp3) is 0.115. The highest BCUT2D eigenvalue weighted by molar-refractivity contribution is 7.10. The molecule has 5 aromatic rings. The van der Waals surface area contributed by atoms with Crippen LogP contribution in [-0.4, -0.2) is 28.4 Å². The van der Waals surface area contributed by atoms with E-state index in [0.717, 1.165) is 27.4 Å². The van der Waals surface area contributed by atoms with Gasteiger partial charge in [-0.2, -0.15) is 9.61 Å². The molecule has 3 aromatic heterocycles. The zero-order valence-corrected chi connectivity index (χ0v) is 20.3. The summed E-state index contributed by atoms with van der Waals surface area (Å²) in [6.45, 7) is 1.07. The lowest BCUT2D eigenvalue weighted by Gasteiger charge is -2.12. The first-order chi connectivity index (χ1) is 17.1. The highest BCUT2D eigenvalue weighted by Crippen LogP contribution is 2.28. The van der Waals surface area contributed by atoms with Gasteiger partial charge in [0, 0.05) is 40.8 Å². The van der Waals surface area contributed by atoms with Gasteiger partial charge in [0.15, 0.2) is 5.65 Å². The first-order valence-corrected chi connectivity index (χ1v) is 12.3. The van der Waals surface area contributed by atoms with E-state index < -0.39 is 0 Å². The smallest absolute Gasteiger partial charge is 0.225 e. The molecule has 35 heavy (non-hydrogen) atoms. The second-order valence-corrected chi connectivity index (χ2v) is 9.48. The van der Waals surface area contributed by atoms with Gasteiger partial charge in [-0.1, -0.05) is 60.1 Å². The molecule has 0 saturated carbocycles. The molecule has 0 atom stereocenters. The molecule has 0 aliphatic heterocycles. The summed E-state index contributed by atoms with van der Waals surface area (Å²) in [5, 5.41) is 13.4. The van der Waals surface area contributed by atoms with Gasteiger partial charge in [0.1, 0.15) is 13.7 Å². The van der Waals surface area contributed by atoms with Crippen molar-refractivity contribution >= 4 is 53.6 Å². The normalized spacial score (nSPS) is 11.0. The lowest BCUT2D eigenvalue weighted by atomic mass is 10.0. The van der Waals surface area contributed by atoms with Crippen LogP contribution in [0, 0.1) is 0 Å². The molecule has 2 N–H and O–H groups in total. The minimum absolute atomic E-state index is 0.0210. The van der Waals surface area contributed by atoms with E-state index in [-0.39, 0.29) is 5.91 Å². The highest BCUT2D eigenvalue weighted by atomic mass is 35.5. The Kier molecular flexibility index (Phi) is 6.83. The fourth-order valence-electron chi connectivity index (χ4n) is 3.71. The topological polar surface area (TPSA) is 71.3 Å². The summed E-state index contributed by atoms with van der Waals surface area (Å²) in [6.07, 6.45) is 2.00. The van der Waals surface area contributed by atoms with Crippen molar-refractivity contribution in [3.63, 3.8) is 0 Å². The van der Waals surface area contributed by atoms with Gasteiger partial charge >= 0.3 is 0 Å². The predicted molar refractivity (Wildman–Crippen MR) is 142 cm³/mol. The van der Waals surface area contributed by atoms with E-state index in [0.29, 0.717) is 41.3 Å². The lowest BCUT2D eigenvalue weighted by Crippen LogP contribution is -2.24. The van der Waals surface area contributed by atoms with Gasteiger partial charge in [-0.05, 0) is 34.1 Å². The van der Waals surface area contributed by atoms with E-state index in [1.54, 1.807) is 22.0 Å². The number of hydrogen-bond acceptors (Lipinski definition) is 5. The SMILES string of the molecule is [B]c1cnn2c(NCc3ccc(CNC(=O)Cc4cccs4)cc3)cc(-c3ccccc3Cl)nc12. The Balaban J connectivity index is 1.27. The molecule has 0 aliphatic carbocycles. The number of amides is 1. The Labute approximate surface area is 213 Å². The second kappa shape index (κ2) is 10.3. The maximum absolute atomic E-state index is 12.1. The minimum atomic E-state index is 0.0210. The zero-order valence-electron chi connectivity index (χ0n) is 18.7. The molecule has 5 rings (SSSR count). The van der Waals surface area contributed by atoms with Crippen LogP contribution in [0.25, 0.3) is 16.9 Å². The van der Waals surface area contributed by atoms with E-state index in [4.69, 9.17) is 19.4 Å². The monoisotopic (exact) mass is 497 g/mol. The van der Waals surface area contributed by atoms with Crippen LogP contribution < -0.4 is 16.1 Å². The van der Waals surface area contributed by atoms with Crippen LogP contribution in [0.4, 0.5) is 5.82 Å². The van der Waals surface area contributed by atoms with Crippen LogP contribution in [0.3, 0.4) is 0 Å². The van der Waals surface area contributed by atoms with Gasteiger partial charge in [0.25, 0.3) is 0 Å². The van der Waals surface area contributed by atoms with E-state index in [1.807, 2.05) is 72.1 Å². The molecule has 2 aromatic carbocycles. The number of nitrogens with zero attached hydrogens (tertiary/aromatic N) is 3. The molecule has 1 amide bonds. The van der Waals surface area contributed by atoms with Crippen molar-refractivity contribution in [2.75, 3.05) is 5.32 Å². The number of carbonyl (C=O) groups is 1. The van der Waals surface area contributed by atoms with Gasteiger partial charge in [0.05, 0.1) is 12.1 Å². The Morgan fingerprint density at radius 1 is 1.03 bits per heavy atom. The summed E-state index contributed by atoms with van der Waals surface area (Å²) < 4.78 is 1.69. The quantitative estimate of drug-likeness (QED) is 0.312. The molecule has 2 radical (unpaired) electrons. The molecule has 6 nitrogen and oxygen atoms in total. The highest BCUT2D eigenvalue weighted by Gasteiger charge is 2.12. The average Bonchev–Trinajstić information content (AvgIpc) is 3.52. The second-order valence-electron chi connectivity index (χ2n) is 8.04. The molecule has 0 saturated heterocycles. The number of anilines is 1. The van der Waals surface area contributed by atoms with Gasteiger partial charge < -0.3 is 10.6 Å².